The highest BCUT2D eigenvalue weighted by molar-refractivity contribution is 7.18. The summed E-state index contributed by atoms with van der Waals surface area (Å²) >= 11 is 3.25. The molecule has 0 aliphatic carbocycles. The molecule has 3 aromatic heterocycles. The third kappa shape index (κ3) is 2.99. The number of aromatic nitrogens is 2. The van der Waals surface area contributed by atoms with Crippen LogP contribution in [0.2, 0.25) is 0 Å². The van der Waals surface area contributed by atoms with Crippen molar-refractivity contribution >= 4 is 38.8 Å². The van der Waals surface area contributed by atoms with E-state index in [-0.39, 0.29) is 17.5 Å². The number of nitrogens with zero attached hydrogens (tertiary/aromatic N) is 3. The van der Waals surface area contributed by atoms with Gasteiger partial charge in [-0.05, 0) is 43.7 Å². The Labute approximate surface area is 159 Å². The summed E-state index contributed by atoms with van der Waals surface area (Å²) in [5.41, 5.74) is 0.960. The van der Waals surface area contributed by atoms with Gasteiger partial charge in [-0.3, -0.25) is 14.2 Å². The lowest BCUT2D eigenvalue weighted by Gasteiger charge is -2.24. The first-order valence-corrected chi connectivity index (χ1v) is 10.5. The molecule has 0 bridgehead atoms. The normalized spacial score (nSPS) is 17.3. The number of hydrogen-bond acceptors (Lipinski definition) is 5. The van der Waals surface area contributed by atoms with Crippen LogP contribution < -0.4 is 5.56 Å². The van der Waals surface area contributed by atoms with Crippen molar-refractivity contribution in [2.24, 2.45) is 0 Å². The Hall–Kier alpha value is -1.99. The molecule has 7 heteroatoms. The van der Waals surface area contributed by atoms with Crippen molar-refractivity contribution in [3.63, 3.8) is 0 Å². The molecular formula is C19H21N3O2S2. The molecule has 1 amide bonds. The molecule has 26 heavy (non-hydrogen) atoms. The number of carbonyl (C=O) groups is 1. The largest absolute Gasteiger partial charge is 0.335 e. The van der Waals surface area contributed by atoms with Gasteiger partial charge >= 0.3 is 0 Å². The third-order valence-corrected chi connectivity index (χ3v) is 7.26. The zero-order valence-electron chi connectivity index (χ0n) is 14.9. The molecule has 0 saturated carbocycles. The maximum absolute atomic E-state index is 12.8. The van der Waals surface area contributed by atoms with E-state index in [1.54, 1.807) is 33.6 Å². The number of thiophene rings is 2. The van der Waals surface area contributed by atoms with Crippen LogP contribution >= 0.6 is 22.7 Å². The second kappa shape index (κ2) is 6.96. The highest BCUT2D eigenvalue weighted by Gasteiger charge is 2.30. The predicted octanol–water partition coefficient (Wildman–Crippen LogP) is 3.89. The zero-order chi connectivity index (χ0) is 18.3. The summed E-state index contributed by atoms with van der Waals surface area (Å²) < 4.78 is 1.58. The van der Waals surface area contributed by atoms with Gasteiger partial charge in [0.15, 0.2) is 0 Å². The van der Waals surface area contributed by atoms with Gasteiger partial charge in [0.05, 0.1) is 17.8 Å². The van der Waals surface area contributed by atoms with Crippen LogP contribution in [0.1, 0.15) is 40.6 Å². The van der Waals surface area contributed by atoms with Gasteiger partial charge in [-0.15, -0.1) is 22.7 Å². The molecule has 1 aliphatic rings. The van der Waals surface area contributed by atoms with E-state index < -0.39 is 0 Å². The molecule has 0 spiro atoms. The van der Waals surface area contributed by atoms with E-state index in [0.29, 0.717) is 18.4 Å². The van der Waals surface area contributed by atoms with E-state index >= 15 is 0 Å². The van der Waals surface area contributed by atoms with Gasteiger partial charge in [-0.25, -0.2) is 4.98 Å². The molecule has 4 heterocycles. The van der Waals surface area contributed by atoms with Crippen LogP contribution in [0.25, 0.3) is 10.2 Å². The maximum Gasteiger partial charge on any atom is 0.262 e. The Morgan fingerprint density at radius 3 is 3.00 bits per heavy atom. The number of likely N-dealkylation sites (tertiary alicyclic amines) is 1. The van der Waals surface area contributed by atoms with Crippen molar-refractivity contribution in [1.29, 1.82) is 0 Å². The lowest BCUT2D eigenvalue weighted by Crippen LogP contribution is -2.32. The number of hydrogen-bond donors (Lipinski definition) is 0. The Morgan fingerprint density at radius 2 is 2.23 bits per heavy atom. The molecule has 136 valence electrons. The molecule has 0 radical (unpaired) electrons. The van der Waals surface area contributed by atoms with Gasteiger partial charge < -0.3 is 4.90 Å². The highest BCUT2D eigenvalue weighted by atomic mass is 32.1. The van der Waals surface area contributed by atoms with E-state index in [4.69, 9.17) is 0 Å². The van der Waals surface area contributed by atoms with Gasteiger partial charge in [0, 0.05) is 29.3 Å². The molecule has 5 nitrogen and oxygen atoms in total. The Kier molecular flexibility index (Phi) is 4.67. The van der Waals surface area contributed by atoms with Crippen LogP contribution in [0.4, 0.5) is 0 Å². The minimum atomic E-state index is -0.0409. The summed E-state index contributed by atoms with van der Waals surface area (Å²) in [5, 5.41) is 2.75. The molecular weight excluding hydrogens is 366 g/mol. The smallest absolute Gasteiger partial charge is 0.262 e. The van der Waals surface area contributed by atoms with Gasteiger partial charge in [-0.2, -0.15) is 0 Å². The van der Waals surface area contributed by atoms with Crippen LogP contribution in [-0.4, -0.2) is 26.9 Å². The molecule has 3 aromatic rings. The van der Waals surface area contributed by atoms with Crippen molar-refractivity contribution in [1.82, 2.24) is 14.5 Å². The number of fused-ring (bicyclic) bond motifs is 1. The first-order valence-electron chi connectivity index (χ1n) is 8.84. The van der Waals surface area contributed by atoms with Gasteiger partial charge in [0.25, 0.3) is 5.56 Å². The standard InChI is InChI=1S/C19H21N3O2S2/c1-12-13(2)26-18-17(12)19(24)21(11-20-18)9-7-16(23)22-8-3-5-14(22)15-6-4-10-25-15/h4,6,10-11,14H,3,5,7-9H2,1-2H3. The zero-order valence-corrected chi connectivity index (χ0v) is 16.5. The average Bonchev–Trinajstić information content (AvgIpc) is 3.35. The van der Waals surface area contributed by atoms with E-state index in [0.717, 1.165) is 34.7 Å². The predicted molar refractivity (Wildman–Crippen MR) is 106 cm³/mol. The minimum Gasteiger partial charge on any atom is -0.335 e. The Balaban J connectivity index is 1.51. The topological polar surface area (TPSA) is 55.2 Å². The first kappa shape index (κ1) is 17.4. The Morgan fingerprint density at radius 1 is 1.38 bits per heavy atom. The van der Waals surface area contributed by atoms with Crippen LogP contribution in [0.3, 0.4) is 0 Å². The molecule has 1 fully saturated rings. The second-order valence-corrected chi connectivity index (χ2v) is 8.90. The highest BCUT2D eigenvalue weighted by Crippen LogP contribution is 2.34. The fourth-order valence-corrected chi connectivity index (χ4v) is 5.49. The number of aryl methyl sites for hydroxylation is 3. The summed E-state index contributed by atoms with van der Waals surface area (Å²) in [5.74, 6) is 0.117. The second-order valence-electron chi connectivity index (χ2n) is 6.72. The van der Waals surface area contributed by atoms with Gasteiger partial charge in [0.2, 0.25) is 5.91 Å². The monoisotopic (exact) mass is 387 g/mol. The quantitative estimate of drug-likeness (QED) is 0.682. The van der Waals surface area contributed by atoms with Crippen LogP contribution in [-0.2, 0) is 11.3 Å². The molecule has 1 saturated heterocycles. The summed E-state index contributed by atoms with van der Waals surface area (Å²) in [7, 11) is 0. The molecule has 1 atom stereocenters. The lowest BCUT2D eigenvalue weighted by atomic mass is 10.2. The summed E-state index contributed by atoms with van der Waals surface area (Å²) in [6, 6.07) is 4.33. The molecule has 0 aromatic carbocycles. The van der Waals surface area contributed by atoms with Crippen LogP contribution in [0, 0.1) is 13.8 Å². The van der Waals surface area contributed by atoms with Crippen LogP contribution in [0.5, 0.6) is 0 Å². The van der Waals surface area contributed by atoms with Gasteiger partial charge in [0.1, 0.15) is 4.83 Å². The number of carbonyl (C=O) groups excluding carboxylic acids is 1. The van der Waals surface area contributed by atoms with Crippen molar-refractivity contribution in [3.8, 4) is 0 Å². The fraction of sp³-hybridized carbons (Fsp3) is 0.421. The maximum atomic E-state index is 12.8. The van der Waals surface area contributed by atoms with E-state index in [2.05, 4.69) is 16.4 Å². The summed E-state index contributed by atoms with van der Waals surface area (Å²) in [6.45, 7) is 5.15. The molecule has 4 rings (SSSR count). The Bertz CT molecular complexity index is 1000. The van der Waals surface area contributed by atoms with Crippen molar-refractivity contribution in [2.75, 3.05) is 6.54 Å². The number of rotatable bonds is 4. The molecule has 1 aliphatic heterocycles. The van der Waals surface area contributed by atoms with E-state index in [1.165, 1.54) is 4.88 Å². The third-order valence-electron chi connectivity index (χ3n) is 5.17. The molecule has 1 unspecified atom stereocenters. The SMILES string of the molecule is Cc1sc2ncn(CCC(=O)N3CCCC3c3cccs3)c(=O)c2c1C. The van der Waals surface area contributed by atoms with Crippen molar-refractivity contribution in [3.05, 3.63) is 49.5 Å². The number of amides is 1. The fourth-order valence-electron chi connectivity index (χ4n) is 3.63. The molecule has 0 N–H and O–H groups in total. The first-order chi connectivity index (χ1) is 12.6. The van der Waals surface area contributed by atoms with Crippen LogP contribution in [0.15, 0.2) is 28.6 Å². The van der Waals surface area contributed by atoms with E-state index in [1.807, 2.05) is 24.8 Å². The van der Waals surface area contributed by atoms with E-state index in [9.17, 15) is 9.59 Å². The van der Waals surface area contributed by atoms with Gasteiger partial charge in [-0.1, -0.05) is 6.07 Å². The lowest BCUT2D eigenvalue weighted by molar-refractivity contribution is -0.132. The van der Waals surface area contributed by atoms with Crippen molar-refractivity contribution < 1.29 is 4.79 Å². The van der Waals surface area contributed by atoms with Crippen molar-refractivity contribution in [2.45, 2.75) is 45.7 Å². The summed E-state index contributed by atoms with van der Waals surface area (Å²) in [6.07, 6.45) is 3.97. The summed E-state index contributed by atoms with van der Waals surface area (Å²) in [4.78, 5) is 35.1. The average molecular weight is 388 g/mol. The minimum absolute atomic E-state index is 0.0409.